The second kappa shape index (κ2) is 7.51. The molecule has 2 rings (SSSR count). The Labute approximate surface area is 144 Å². The van der Waals surface area contributed by atoms with Crippen LogP contribution in [0.25, 0.3) is 0 Å². The van der Waals surface area contributed by atoms with Gasteiger partial charge in [0, 0.05) is 17.3 Å². The molecule has 0 aromatic heterocycles. The quantitative estimate of drug-likeness (QED) is 0.383. The molecule has 0 saturated carbocycles. The monoisotopic (exact) mass is 343 g/mol. The van der Waals surface area contributed by atoms with Crippen molar-refractivity contribution in [3.05, 3.63) is 63.2 Å². The van der Waals surface area contributed by atoms with Crippen molar-refractivity contribution in [1.82, 2.24) is 5.43 Å². The molecular formula is C16H15N4O3S-. The highest BCUT2D eigenvalue weighted by Gasteiger charge is 2.07. The number of hydrazone groups is 1. The van der Waals surface area contributed by atoms with E-state index in [1.54, 1.807) is 0 Å². The minimum Gasteiger partial charge on any atom is -0.868 e. The van der Waals surface area contributed by atoms with E-state index < -0.39 is 16.4 Å². The van der Waals surface area contributed by atoms with Gasteiger partial charge in [0.1, 0.15) is 0 Å². The van der Waals surface area contributed by atoms with Crippen LogP contribution in [-0.4, -0.2) is 16.3 Å². The van der Waals surface area contributed by atoms with E-state index in [0.717, 1.165) is 28.9 Å². The highest BCUT2D eigenvalue weighted by Crippen LogP contribution is 2.23. The first kappa shape index (κ1) is 17.4. The topological polar surface area (TPSA) is 103 Å². The van der Waals surface area contributed by atoms with Gasteiger partial charge in [0.25, 0.3) is 5.69 Å². The van der Waals surface area contributed by atoms with Crippen LogP contribution in [0, 0.1) is 24.0 Å². The Bertz CT molecular complexity index is 801. The molecule has 124 valence electrons. The van der Waals surface area contributed by atoms with Crippen LogP contribution >= 0.6 is 12.2 Å². The number of hydrogen-bond donors (Lipinski definition) is 2. The van der Waals surface area contributed by atoms with Gasteiger partial charge in [0.2, 0.25) is 0 Å². The largest absolute Gasteiger partial charge is 0.868 e. The van der Waals surface area contributed by atoms with Gasteiger partial charge in [-0.25, -0.2) is 0 Å². The first-order valence-corrected chi connectivity index (χ1v) is 7.41. The number of aryl methyl sites for hydroxylation is 2. The summed E-state index contributed by atoms with van der Waals surface area (Å²) < 4.78 is 0. The summed E-state index contributed by atoms with van der Waals surface area (Å²) in [5.74, 6) is -0.641. The molecule has 0 aliphatic heterocycles. The lowest BCUT2D eigenvalue weighted by atomic mass is 10.1. The molecule has 0 amide bonds. The minimum absolute atomic E-state index is 0.290. The molecule has 0 heterocycles. The lowest BCUT2D eigenvalue weighted by Gasteiger charge is -2.12. The predicted molar refractivity (Wildman–Crippen MR) is 95.4 cm³/mol. The molecule has 24 heavy (non-hydrogen) atoms. The summed E-state index contributed by atoms with van der Waals surface area (Å²) in [6.07, 6.45) is 1.35. The van der Waals surface area contributed by atoms with Gasteiger partial charge < -0.3 is 10.4 Å². The van der Waals surface area contributed by atoms with E-state index in [-0.39, 0.29) is 0 Å². The molecule has 0 unspecified atom stereocenters. The number of para-hydroxylation sites is 1. The van der Waals surface area contributed by atoms with E-state index in [1.807, 2.05) is 32.0 Å². The summed E-state index contributed by atoms with van der Waals surface area (Å²) >= 11 is 5.16. The average molecular weight is 343 g/mol. The van der Waals surface area contributed by atoms with Crippen LogP contribution in [-0.2, 0) is 0 Å². The summed E-state index contributed by atoms with van der Waals surface area (Å²) in [7, 11) is 0. The SMILES string of the molecule is Cc1cccc(C)c1NC(=S)N/N=C\c1ccc([O-])c([N+](=O)[O-])c1. The van der Waals surface area contributed by atoms with Gasteiger partial charge in [-0.05, 0) is 42.9 Å². The van der Waals surface area contributed by atoms with Crippen LogP contribution < -0.4 is 15.8 Å². The number of hydrogen-bond acceptors (Lipinski definition) is 5. The van der Waals surface area contributed by atoms with E-state index >= 15 is 0 Å². The summed E-state index contributed by atoms with van der Waals surface area (Å²) in [5, 5.41) is 29.3. The van der Waals surface area contributed by atoms with E-state index in [1.165, 1.54) is 12.3 Å². The van der Waals surface area contributed by atoms with E-state index in [2.05, 4.69) is 15.8 Å². The van der Waals surface area contributed by atoms with Crippen molar-refractivity contribution in [2.24, 2.45) is 5.10 Å². The first-order chi connectivity index (χ1) is 11.4. The maximum atomic E-state index is 11.3. The van der Waals surface area contributed by atoms with Crippen LogP contribution in [0.4, 0.5) is 11.4 Å². The van der Waals surface area contributed by atoms with Crippen LogP contribution in [0.15, 0.2) is 41.5 Å². The molecule has 0 radical (unpaired) electrons. The first-order valence-electron chi connectivity index (χ1n) is 7.00. The third kappa shape index (κ3) is 4.26. The molecule has 0 spiro atoms. The average Bonchev–Trinajstić information content (AvgIpc) is 2.52. The Balaban J connectivity index is 2.03. The standard InChI is InChI=1S/C16H16N4O3S/c1-10-4-3-5-11(2)15(10)18-16(24)19-17-9-12-6-7-14(21)13(8-12)20(22)23/h3-9,21H,1-2H3,(H2,18,19,24)/p-1/b17-9-. The second-order valence-corrected chi connectivity index (χ2v) is 5.48. The van der Waals surface area contributed by atoms with Gasteiger partial charge in [0.15, 0.2) is 5.11 Å². The second-order valence-electron chi connectivity index (χ2n) is 5.08. The van der Waals surface area contributed by atoms with Gasteiger partial charge in [-0.3, -0.25) is 15.5 Å². The number of thiocarbonyl (C=S) groups is 1. The molecule has 2 N–H and O–H groups in total. The Morgan fingerprint density at radius 1 is 1.25 bits per heavy atom. The van der Waals surface area contributed by atoms with Gasteiger partial charge >= 0.3 is 0 Å². The van der Waals surface area contributed by atoms with Crippen molar-refractivity contribution >= 4 is 34.9 Å². The van der Waals surface area contributed by atoms with E-state index in [9.17, 15) is 15.2 Å². The molecule has 2 aromatic carbocycles. The maximum absolute atomic E-state index is 11.3. The zero-order valence-corrected chi connectivity index (χ0v) is 13.9. The van der Waals surface area contributed by atoms with Crippen LogP contribution in [0.1, 0.15) is 16.7 Å². The molecular weight excluding hydrogens is 328 g/mol. The maximum Gasteiger partial charge on any atom is 0.262 e. The Hall–Kier alpha value is -3.00. The molecule has 0 atom stereocenters. The number of nitrogens with one attached hydrogen (secondary N) is 2. The lowest BCUT2D eigenvalue weighted by Crippen LogP contribution is -2.24. The Morgan fingerprint density at radius 2 is 1.92 bits per heavy atom. The molecule has 0 bridgehead atoms. The number of anilines is 1. The van der Waals surface area contributed by atoms with Crippen molar-refractivity contribution < 1.29 is 10.0 Å². The smallest absolute Gasteiger partial charge is 0.262 e. The molecule has 0 saturated heterocycles. The fraction of sp³-hybridized carbons (Fsp3) is 0.125. The van der Waals surface area contributed by atoms with Gasteiger partial charge in [-0.1, -0.05) is 30.3 Å². The normalized spacial score (nSPS) is 10.6. The number of nitro groups is 1. The van der Waals surface area contributed by atoms with E-state index in [4.69, 9.17) is 12.2 Å². The number of benzene rings is 2. The van der Waals surface area contributed by atoms with Crippen molar-refractivity contribution in [3.63, 3.8) is 0 Å². The van der Waals surface area contributed by atoms with Crippen molar-refractivity contribution in [2.75, 3.05) is 5.32 Å². The Morgan fingerprint density at radius 3 is 2.54 bits per heavy atom. The van der Waals surface area contributed by atoms with Gasteiger partial charge in [-0.15, -0.1) is 0 Å². The fourth-order valence-electron chi connectivity index (χ4n) is 2.08. The summed E-state index contributed by atoms with van der Waals surface area (Å²) in [6, 6.07) is 9.62. The minimum atomic E-state index is -0.722. The highest BCUT2D eigenvalue weighted by molar-refractivity contribution is 7.80. The third-order valence-electron chi connectivity index (χ3n) is 3.28. The van der Waals surface area contributed by atoms with Crippen molar-refractivity contribution in [2.45, 2.75) is 13.8 Å². The van der Waals surface area contributed by atoms with Crippen LogP contribution in [0.5, 0.6) is 5.75 Å². The van der Waals surface area contributed by atoms with Crippen LogP contribution in [0.3, 0.4) is 0 Å². The fourth-order valence-corrected chi connectivity index (χ4v) is 2.23. The summed E-state index contributed by atoms with van der Waals surface area (Å²) in [6.45, 7) is 3.93. The van der Waals surface area contributed by atoms with Crippen molar-refractivity contribution in [3.8, 4) is 5.75 Å². The Kier molecular flexibility index (Phi) is 5.43. The van der Waals surface area contributed by atoms with Crippen LogP contribution in [0.2, 0.25) is 0 Å². The van der Waals surface area contributed by atoms with Gasteiger partial charge in [-0.2, -0.15) is 5.10 Å². The molecule has 0 aliphatic rings. The zero-order chi connectivity index (χ0) is 17.7. The third-order valence-corrected chi connectivity index (χ3v) is 3.47. The van der Waals surface area contributed by atoms with E-state index in [0.29, 0.717) is 10.7 Å². The molecule has 0 aliphatic carbocycles. The predicted octanol–water partition coefficient (Wildman–Crippen LogP) is 2.61. The zero-order valence-electron chi connectivity index (χ0n) is 13.1. The lowest BCUT2D eigenvalue weighted by molar-refractivity contribution is -0.398. The molecule has 8 heteroatoms. The van der Waals surface area contributed by atoms with Crippen molar-refractivity contribution in [1.29, 1.82) is 0 Å². The summed E-state index contributed by atoms with van der Waals surface area (Å²) in [4.78, 5) is 10.0. The molecule has 0 fully saturated rings. The molecule has 7 nitrogen and oxygen atoms in total. The number of nitrogens with zero attached hydrogens (tertiary/aromatic N) is 2. The number of nitro benzene ring substituents is 1. The highest BCUT2D eigenvalue weighted by atomic mass is 32.1. The number of rotatable bonds is 4. The van der Waals surface area contributed by atoms with Gasteiger partial charge in [0.05, 0.1) is 11.1 Å². The summed E-state index contributed by atoms with van der Waals surface area (Å²) in [5.41, 5.74) is 5.56. The molecule has 2 aromatic rings.